The average Bonchev–Trinajstić information content (AvgIpc) is 2.40. The number of carbonyl (C=O) groups is 1. The first-order valence-electron chi connectivity index (χ1n) is 7.10. The largest absolute Gasteiger partial charge is 0.350 e. The van der Waals surface area contributed by atoms with Gasteiger partial charge in [0.1, 0.15) is 0 Å². The highest BCUT2D eigenvalue weighted by Gasteiger charge is 2.15. The summed E-state index contributed by atoms with van der Waals surface area (Å²) in [5.74, 6) is 0.435. The van der Waals surface area contributed by atoms with Gasteiger partial charge in [0.25, 0.3) is 5.91 Å². The fourth-order valence-electron chi connectivity index (χ4n) is 2.26. The summed E-state index contributed by atoms with van der Waals surface area (Å²) in [5, 5.41) is 2.93. The summed E-state index contributed by atoms with van der Waals surface area (Å²) >= 11 is 0. The molecule has 1 atom stereocenters. The van der Waals surface area contributed by atoms with Crippen LogP contribution < -0.4 is 11.1 Å². The Bertz CT molecular complexity index is 425. The van der Waals surface area contributed by atoms with E-state index in [0.717, 1.165) is 18.4 Å². The maximum Gasteiger partial charge on any atom is 0.251 e. The van der Waals surface area contributed by atoms with Gasteiger partial charge in [-0.25, -0.2) is 0 Å². The van der Waals surface area contributed by atoms with Gasteiger partial charge in [-0.2, -0.15) is 0 Å². The Hall–Kier alpha value is -1.35. The maximum atomic E-state index is 12.0. The molecule has 0 radical (unpaired) electrons. The van der Waals surface area contributed by atoms with E-state index in [0.29, 0.717) is 18.0 Å². The van der Waals surface area contributed by atoms with Crippen molar-refractivity contribution >= 4 is 5.91 Å². The van der Waals surface area contributed by atoms with E-state index in [9.17, 15) is 4.79 Å². The highest BCUT2D eigenvalue weighted by atomic mass is 16.1. The lowest BCUT2D eigenvalue weighted by molar-refractivity contribution is 0.0948. The zero-order valence-electron chi connectivity index (χ0n) is 12.5. The minimum Gasteiger partial charge on any atom is -0.350 e. The quantitative estimate of drug-likeness (QED) is 0.828. The zero-order valence-corrected chi connectivity index (χ0v) is 12.5. The summed E-state index contributed by atoms with van der Waals surface area (Å²) in [6.07, 6.45) is 2.11. The van der Waals surface area contributed by atoms with E-state index in [1.54, 1.807) is 0 Å². The molecule has 3 heteroatoms. The first-order chi connectivity index (χ1) is 8.99. The summed E-state index contributed by atoms with van der Waals surface area (Å²) in [7, 11) is 0. The van der Waals surface area contributed by atoms with Crippen LogP contribution in [0.4, 0.5) is 0 Å². The van der Waals surface area contributed by atoms with Crippen LogP contribution in [-0.4, -0.2) is 18.5 Å². The van der Waals surface area contributed by atoms with Crippen molar-refractivity contribution in [2.24, 2.45) is 11.7 Å². The van der Waals surface area contributed by atoms with E-state index < -0.39 is 0 Å². The minimum atomic E-state index is -0.0375. The van der Waals surface area contributed by atoms with Crippen molar-refractivity contribution in [3.63, 3.8) is 0 Å². The standard InChI is InChI=1S/C16H26N2O/c1-5-13(6-2)15(17)10-18-16(19)14-8-7-11(3)12(4)9-14/h7-9,13,15H,5-6,10,17H2,1-4H3,(H,18,19). The number of rotatable bonds is 6. The fraction of sp³-hybridized carbons (Fsp3) is 0.562. The van der Waals surface area contributed by atoms with Crippen LogP contribution in [0.15, 0.2) is 18.2 Å². The third-order valence-electron chi connectivity index (χ3n) is 3.92. The smallest absolute Gasteiger partial charge is 0.251 e. The van der Waals surface area contributed by atoms with Crippen molar-refractivity contribution in [2.45, 2.75) is 46.6 Å². The van der Waals surface area contributed by atoms with E-state index in [-0.39, 0.29) is 11.9 Å². The first kappa shape index (κ1) is 15.7. The second-order valence-electron chi connectivity index (χ2n) is 5.25. The Morgan fingerprint density at radius 1 is 1.21 bits per heavy atom. The predicted molar refractivity (Wildman–Crippen MR) is 80.3 cm³/mol. The van der Waals surface area contributed by atoms with Crippen molar-refractivity contribution in [1.29, 1.82) is 0 Å². The van der Waals surface area contributed by atoms with E-state index >= 15 is 0 Å². The molecule has 0 aliphatic rings. The summed E-state index contributed by atoms with van der Waals surface area (Å²) in [6.45, 7) is 8.87. The van der Waals surface area contributed by atoms with E-state index in [4.69, 9.17) is 5.73 Å². The summed E-state index contributed by atoms with van der Waals surface area (Å²) in [4.78, 5) is 12.0. The third-order valence-corrected chi connectivity index (χ3v) is 3.92. The number of hydrogen-bond acceptors (Lipinski definition) is 2. The molecule has 1 aromatic rings. The van der Waals surface area contributed by atoms with Gasteiger partial charge in [0.2, 0.25) is 0 Å². The second-order valence-corrected chi connectivity index (χ2v) is 5.25. The van der Waals surface area contributed by atoms with Gasteiger partial charge < -0.3 is 11.1 Å². The summed E-state index contributed by atoms with van der Waals surface area (Å²) < 4.78 is 0. The number of nitrogens with two attached hydrogens (primary N) is 1. The molecule has 1 rings (SSSR count). The van der Waals surface area contributed by atoms with Crippen molar-refractivity contribution < 1.29 is 4.79 Å². The Kier molecular flexibility index (Phi) is 6.03. The molecule has 3 N–H and O–H groups in total. The zero-order chi connectivity index (χ0) is 14.4. The van der Waals surface area contributed by atoms with E-state index in [1.165, 1.54) is 5.56 Å². The topological polar surface area (TPSA) is 55.1 Å². The van der Waals surface area contributed by atoms with Crippen LogP contribution in [-0.2, 0) is 0 Å². The third kappa shape index (κ3) is 4.35. The van der Waals surface area contributed by atoms with Gasteiger partial charge in [-0.15, -0.1) is 0 Å². The molecule has 1 amide bonds. The molecule has 0 aliphatic heterocycles. The van der Waals surface area contributed by atoms with E-state index in [2.05, 4.69) is 19.2 Å². The van der Waals surface area contributed by atoms with Crippen LogP contribution >= 0.6 is 0 Å². The molecule has 106 valence electrons. The van der Waals surface area contributed by atoms with Gasteiger partial charge in [0, 0.05) is 18.2 Å². The lowest BCUT2D eigenvalue weighted by Crippen LogP contribution is -2.41. The Balaban J connectivity index is 2.58. The normalized spacial score (nSPS) is 12.5. The van der Waals surface area contributed by atoms with Gasteiger partial charge in [0.05, 0.1) is 0 Å². The number of hydrogen-bond donors (Lipinski definition) is 2. The number of carbonyl (C=O) groups excluding carboxylic acids is 1. The highest BCUT2D eigenvalue weighted by molar-refractivity contribution is 5.94. The molecule has 0 spiro atoms. The van der Waals surface area contributed by atoms with Crippen LogP contribution in [0.25, 0.3) is 0 Å². The highest BCUT2D eigenvalue weighted by Crippen LogP contribution is 2.12. The number of amides is 1. The van der Waals surface area contributed by atoms with Gasteiger partial charge in [0.15, 0.2) is 0 Å². The van der Waals surface area contributed by atoms with Crippen molar-refractivity contribution in [3.8, 4) is 0 Å². The second kappa shape index (κ2) is 7.29. The maximum absolute atomic E-state index is 12.0. The first-order valence-corrected chi connectivity index (χ1v) is 7.10. The lowest BCUT2D eigenvalue weighted by atomic mass is 9.95. The molecule has 1 unspecified atom stereocenters. The monoisotopic (exact) mass is 262 g/mol. The van der Waals surface area contributed by atoms with Gasteiger partial charge in [-0.3, -0.25) is 4.79 Å². The van der Waals surface area contributed by atoms with Crippen LogP contribution in [0, 0.1) is 19.8 Å². The molecule has 0 saturated heterocycles. The van der Waals surface area contributed by atoms with Crippen molar-refractivity contribution in [1.82, 2.24) is 5.32 Å². The van der Waals surface area contributed by atoms with Gasteiger partial charge in [-0.05, 0) is 43.0 Å². The molecule has 19 heavy (non-hydrogen) atoms. The molecular formula is C16H26N2O. The van der Waals surface area contributed by atoms with Crippen molar-refractivity contribution in [2.75, 3.05) is 6.54 Å². The minimum absolute atomic E-state index is 0.0329. The predicted octanol–water partition coefficient (Wildman–Crippen LogP) is 2.80. The molecular weight excluding hydrogens is 236 g/mol. The van der Waals surface area contributed by atoms with Crippen LogP contribution in [0.5, 0.6) is 0 Å². The molecule has 0 fully saturated rings. The molecule has 3 nitrogen and oxygen atoms in total. The Morgan fingerprint density at radius 3 is 2.37 bits per heavy atom. The fourth-order valence-corrected chi connectivity index (χ4v) is 2.26. The lowest BCUT2D eigenvalue weighted by Gasteiger charge is -2.21. The van der Waals surface area contributed by atoms with Crippen LogP contribution in [0.2, 0.25) is 0 Å². The Labute approximate surface area is 116 Å². The summed E-state index contributed by atoms with van der Waals surface area (Å²) in [6, 6.07) is 5.80. The molecule has 0 saturated carbocycles. The van der Waals surface area contributed by atoms with Crippen molar-refractivity contribution in [3.05, 3.63) is 34.9 Å². The Morgan fingerprint density at radius 2 is 1.84 bits per heavy atom. The molecule has 0 aromatic heterocycles. The number of aryl methyl sites for hydroxylation is 2. The van der Waals surface area contributed by atoms with Gasteiger partial charge in [-0.1, -0.05) is 32.8 Å². The van der Waals surface area contributed by atoms with E-state index in [1.807, 2.05) is 32.0 Å². The average molecular weight is 262 g/mol. The summed E-state index contributed by atoms with van der Waals surface area (Å²) in [5.41, 5.74) is 9.15. The molecule has 0 aliphatic carbocycles. The molecule has 0 bridgehead atoms. The number of benzene rings is 1. The van der Waals surface area contributed by atoms with Gasteiger partial charge >= 0.3 is 0 Å². The van der Waals surface area contributed by atoms with Crippen LogP contribution in [0.3, 0.4) is 0 Å². The molecule has 0 heterocycles. The number of nitrogens with one attached hydrogen (secondary N) is 1. The van der Waals surface area contributed by atoms with Crippen LogP contribution in [0.1, 0.15) is 48.2 Å². The SMILES string of the molecule is CCC(CC)C(N)CNC(=O)c1ccc(C)c(C)c1. The molecule has 1 aromatic carbocycles.